The van der Waals surface area contributed by atoms with E-state index < -0.39 is 32.5 Å². The van der Waals surface area contributed by atoms with Gasteiger partial charge in [0.05, 0.1) is 11.9 Å². The minimum atomic E-state index is -4.47. The molecule has 0 fully saturated rings. The second-order valence-corrected chi connectivity index (χ2v) is 7.66. The summed E-state index contributed by atoms with van der Waals surface area (Å²) in [4.78, 5) is 16.6. The third kappa shape index (κ3) is 4.94. The van der Waals surface area contributed by atoms with Gasteiger partial charge in [0.15, 0.2) is 0 Å². The Morgan fingerprint density at radius 2 is 1.96 bits per heavy atom. The van der Waals surface area contributed by atoms with Gasteiger partial charge >= 0.3 is 5.97 Å². The summed E-state index contributed by atoms with van der Waals surface area (Å²) in [5, 5.41) is 9.50. The number of carboxylic acids is 1. The van der Waals surface area contributed by atoms with Gasteiger partial charge < -0.3 is 10.0 Å². The van der Waals surface area contributed by atoms with Gasteiger partial charge in [-0.3, -0.25) is 4.72 Å². The zero-order valence-corrected chi connectivity index (χ0v) is 16.3. The molecule has 7 nitrogen and oxygen atoms in total. The highest BCUT2D eigenvalue weighted by Gasteiger charge is 2.23. The van der Waals surface area contributed by atoms with Crippen molar-refractivity contribution in [3.63, 3.8) is 0 Å². The standard InChI is InChI=1S/C18H21F2N3O4S/c1-3-5-8-23(4-2)17-14(18(24)25)10-13(11-21-17)22-28(26,27)16-9-12(19)6-7-15(16)20/h6-7,9-11,22H,3-5,8H2,1-2H3,(H,24,25). The highest BCUT2D eigenvalue weighted by atomic mass is 32.2. The fraction of sp³-hybridized carbons (Fsp3) is 0.333. The SMILES string of the molecule is CCCCN(CC)c1ncc(NS(=O)(=O)c2cc(F)ccc2F)cc1C(=O)O. The van der Waals surface area contributed by atoms with E-state index in [0.717, 1.165) is 31.2 Å². The summed E-state index contributed by atoms with van der Waals surface area (Å²) in [5.74, 6) is -3.12. The lowest BCUT2D eigenvalue weighted by molar-refractivity contribution is 0.0697. The van der Waals surface area contributed by atoms with Gasteiger partial charge in [-0.15, -0.1) is 0 Å². The topological polar surface area (TPSA) is 99.6 Å². The third-order valence-electron chi connectivity index (χ3n) is 3.99. The van der Waals surface area contributed by atoms with E-state index in [2.05, 4.69) is 4.98 Å². The molecule has 10 heteroatoms. The van der Waals surface area contributed by atoms with Crippen molar-refractivity contribution in [2.24, 2.45) is 0 Å². The first kappa shape index (κ1) is 21.5. The molecule has 0 unspecified atom stereocenters. The van der Waals surface area contributed by atoms with E-state index in [-0.39, 0.29) is 17.1 Å². The van der Waals surface area contributed by atoms with E-state index in [1.54, 1.807) is 4.90 Å². The largest absolute Gasteiger partial charge is 0.478 e. The highest BCUT2D eigenvalue weighted by Crippen LogP contribution is 2.25. The summed E-state index contributed by atoms with van der Waals surface area (Å²) in [6, 6.07) is 3.14. The molecular weight excluding hydrogens is 392 g/mol. The van der Waals surface area contributed by atoms with Crippen LogP contribution in [0.1, 0.15) is 37.0 Å². The molecule has 0 aliphatic rings. The smallest absolute Gasteiger partial charge is 0.339 e. The van der Waals surface area contributed by atoms with Crippen LogP contribution >= 0.6 is 0 Å². The van der Waals surface area contributed by atoms with Crippen LogP contribution in [0.25, 0.3) is 0 Å². The molecule has 0 atom stereocenters. The first-order chi connectivity index (χ1) is 13.2. The van der Waals surface area contributed by atoms with Gasteiger partial charge in [0.2, 0.25) is 0 Å². The van der Waals surface area contributed by atoms with Gasteiger partial charge in [0.25, 0.3) is 10.0 Å². The van der Waals surface area contributed by atoms with Crippen LogP contribution in [0, 0.1) is 11.6 Å². The molecule has 28 heavy (non-hydrogen) atoms. The molecule has 2 N–H and O–H groups in total. The number of nitrogens with one attached hydrogen (secondary N) is 1. The number of rotatable bonds is 9. The number of nitrogens with zero attached hydrogens (tertiary/aromatic N) is 2. The molecule has 2 rings (SSSR count). The third-order valence-corrected chi connectivity index (χ3v) is 5.39. The van der Waals surface area contributed by atoms with E-state index in [0.29, 0.717) is 25.2 Å². The van der Waals surface area contributed by atoms with Crippen molar-refractivity contribution in [1.29, 1.82) is 0 Å². The Kier molecular flexibility index (Phi) is 6.90. The van der Waals surface area contributed by atoms with E-state index >= 15 is 0 Å². The molecule has 0 amide bonds. The van der Waals surface area contributed by atoms with Crippen molar-refractivity contribution in [2.75, 3.05) is 22.7 Å². The summed E-state index contributed by atoms with van der Waals surface area (Å²) in [5.41, 5.74) is -0.366. The number of sulfonamides is 1. The number of hydrogen-bond acceptors (Lipinski definition) is 5. The maximum Gasteiger partial charge on any atom is 0.339 e. The molecule has 0 spiro atoms. The Morgan fingerprint density at radius 1 is 1.25 bits per heavy atom. The number of hydrogen-bond donors (Lipinski definition) is 2. The van der Waals surface area contributed by atoms with Gasteiger partial charge in [-0.25, -0.2) is 27.0 Å². The van der Waals surface area contributed by atoms with Crippen LogP contribution < -0.4 is 9.62 Å². The predicted octanol–water partition coefficient (Wildman–Crippen LogP) is 3.49. The zero-order chi connectivity index (χ0) is 20.9. The number of halogens is 2. The fourth-order valence-corrected chi connectivity index (χ4v) is 3.70. The van der Waals surface area contributed by atoms with Crippen molar-refractivity contribution in [2.45, 2.75) is 31.6 Å². The Balaban J connectivity index is 2.40. The molecule has 0 aliphatic carbocycles. The number of carboxylic acid groups (broad SMARTS) is 1. The van der Waals surface area contributed by atoms with Crippen LogP contribution in [-0.2, 0) is 10.0 Å². The normalized spacial score (nSPS) is 11.3. The van der Waals surface area contributed by atoms with E-state index in [9.17, 15) is 27.1 Å². The van der Waals surface area contributed by atoms with Gasteiger partial charge in [-0.05, 0) is 37.6 Å². The Bertz CT molecular complexity index is 967. The Labute approximate surface area is 162 Å². The molecule has 0 aliphatic heterocycles. The minimum absolute atomic E-state index is 0.170. The molecule has 0 saturated carbocycles. The van der Waals surface area contributed by atoms with Crippen molar-refractivity contribution in [1.82, 2.24) is 4.98 Å². The number of aromatic carboxylic acids is 1. The summed E-state index contributed by atoms with van der Waals surface area (Å²) in [7, 11) is -4.47. The van der Waals surface area contributed by atoms with Crippen LogP contribution in [0.15, 0.2) is 35.4 Å². The summed E-state index contributed by atoms with van der Waals surface area (Å²) in [6.07, 6.45) is 2.89. The number of benzene rings is 1. The average Bonchev–Trinajstić information content (AvgIpc) is 2.64. The first-order valence-electron chi connectivity index (χ1n) is 8.65. The van der Waals surface area contributed by atoms with E-state index in [1.807, 2.05) is 18.6 Å². The van der Waals surface area contributed by atoms with Gasteiger partial charge in [0.1, 0.15) is 27.9 Å². The molecule has 1 aromatic carbocycles. The Morgan fingerprint density at radius 3 is 2.57 bits per heavy atom. The molecule has 152 valence electrons. The van der Waals surface area contributed by atoms with Crippen molar-refractivity contribution in [3.05, 3.63) is 47.7 Å². The van der Waals surface area contributed by atoms with Crippen LogP contribution in [0.2, 0.25) is 0 Å². The monoisotopic (exact) mass is 413 g/mol. The number of anilines is 2. The first-order valence-corrected chi connectivity index (χ1v) is 10.1. The lowest BCUT2D eigenvalue weighted by atomic mass is 10.2. The quantitative estimate of drug-likeness (QED) is 0.653. The van der Waals surface area contributed by atoms with Crippen LogP contribution in [-0.4, -0.2) is 37.6 Å². The highest BCUT2D eigenvalue weighted by molar-refractivity contribution is 7.92. The predicted molar refractivity (Wildman–Crippen MR) is 101 cm³/mol. The number of carbonyl (C=O) groups is 1. The van der Waals surface area contributed by atoms with Gasteiger partial charge in [0, 0.05) is 13.1 Å². The maximum absolute atomic E-state index is 13.8. The fourth-order valence-electron chi connectivity index (χ4n) is 2.58. The second kappa shape index (κ2) is 8.96. The zero-order valence-electron chi connectivity index (χ0n) is 15.4. The number of unbranched alkanes of at least 4 members (excludes halogenated alkanes) is 1. The molecule has 1 aromatic heterocycles. The molecule has 1 heterocycles. The van der Waals surface area contributed by atoms with Crippen molar-refractivity contribution in [3.8, 4) is 0 Å². The summed E-state index contributed by atoms with van der Waals surface area (Å²) < 4.78 is 53.9. The van der Waals surface area contributed by atoms with E-state index in [1.165, 1.54) is 0 Å². The van der Waals surface area contributed by atoms with Crippen LogP contribution in [0.5, 0.6) is 0 Å². The maximum atomic E-state index is 13.8. The molecule has 0 bridgehead atoms. The number of aromatic nitrogens is 1. The molecule has 2 aromatic rings. The lowest BCUT2D eigenvalue weighted by Crippen LogP contribution is -2.27. The summed E-state index contributed by atoms with van der Waals surface area (Å²) in [6.45, 7) is 4.97. The molecule has 0 radical (unpaired) electrons. The van der Waals surface area contributed by atoms with Gasteiger partial charge in [-0.1, -0.05) is 13.3 Å². The van der Waals surface area contributed by atoms with Crippen molar-refractivity contribution < 1.29 is 27.1 Å². The van der Waals surface area contributed by atoms with Crippen LogP contribution in [0.4, 0.5) is 20.3 Å². The van der Waals surface area contributed by atoms with E-state index in [4.69, 9.17) is 0 Å². The minimum Gasteiger partial charge on any atom is -0.478 e. The lowest BCUT2D eigenvalue weighted by Gasteiger charge is -2.23. The molecule has 0 saturated heterocycles. The number of pyridine rings is 1. The van der Waals surface area contributed by atoms with Crippen LogP contribution in [0.3, 0.4) is 0 Å². The van der Waals surface area contributed by atoms with Gasteiger partial charge in [-0.2, -0.15) is 0 Å². The molecular formula is C18H21F2N3O4S. The average molecular weight is 413 g/mol. The second-order valence-electron chi connectivity index (χ2n) is 6.01. The Hall–Kier alpha value is -2.75. The summed E-state index contributed by atoms with van der Waals surface area (Å²) >= 11 is 0. The van der Waals surface area contributed by atoms with Crippen molar-refractivity contribution >= 4 is 27.5 Å².